The number of nitrogens with one attached hydrogen (secondary N) is 1. The first-order valence-electron chi connectivity index (χ1n) is 10.9. The molecule has 1 atom stereocenters. The molecule has 4 rings (SSSR count). The monoisotopic (exact) mass is 441 g/mol. The van der Waals surface area contributed by atoms with Crippen LogP contribution in [-0.2, 0) is 20.2 Å². The first-order chi connectivity index (χ1) is 14.8. The molecule has 1 N–H and O–H groups in total. The Morgan fingerprint density at radius 2 is 1.65 bits per heavy atom. The van der Waals surface area contributed by atoms with Gasteiger partial charge in [-0.1, -0.05) is 48.5 Å². The maximum Gasteiger partial charge on any atom is 0.242 e. The molecule has 166 valence electrons. The predicted molar refractivity (Wildman–Crippen MR) is 121 cm³/mol. The number of benzene rings is 2. The number of rotatable bonds is 8. The maximum absolute atomic E-state index is 13.6. The fraction of sp³-hybridized carbons (Fsp3) is 0.458. The van der Waals surface area contributed by atoms with Crippen LogP contribution in [0.4, 0.5) is 0 Å². The Morgan fingerprint density at radius 1 is 1.03 bits per heavy atom. The Kier molecular flexibility index (Phi) is 6.19. The van der Waals surface area contributed by atoms with E-state index in [9.17, 15) is 13.2 Å². The van der Waals surface area contributed by atoms with Crippen molar-refractivity contribution < 1.29 is 13.2 Å². The second kappa shape index (κ2) is 8.73. The fourth-order valence-electron chi connectivity index (χ4n) is 4.47. The lowest BCUT2D eigenvalue weighted by atomic mass is 9.94. The molecule has 0 aromatic heterocycles. The van der Waals surface area contributed by atoms with Crippen LogP contribution in [0.3, 0.4) is 0 Å². The van der Waals surface area contributed by atoms with E-state index in [1.165, 1.54) is 31.2 Å². The Bertz CT molecular complexity index is 1030. The van der Waals surface area contributed by atoms with E-state index in [0.29, 0.717) is 18.4 Å². The molecule has 1 amide bonds. The topological polar surface area (TPSA) is 69.7 Å². The molecular weight excluding hydrogens is 410 g/mol. The maximum atomic E-state index is 13.6. The van der Waals surface area contributed by atoms with Crippen molar-refractivity contribution in [2.75, 3.05) is 33.7 Å². The molecule has 31 heavy (non-hydrogen) atoms. The minimum absolute atomic E-state index is 0.0815. The molecule has 2 aromatic rings. The quantitative estimate of drug-likeness (QED) is 0.684. The average Bonchev–Trinajstić information content (AvgIpc) is 3.43. The summed E-state index contributed by atoms with van der Waals surface area (Å²) in [6.45, 7) is 2.87. The molecule has 0 spiro atoms. The molecule has 2 aliphatic rings. The van der Waals surface area contributed by atoms with Gasteiger partial charge in [-0.05, 0) is 56.0 Å². The van der Waals surface area contributed by atoms with Crippen LogP contribution in [-0.4, -0.2) is 57.3 Å². The van der Waals surface area contributed by atoms with E-state index < -0.39 is 15.4 Å². The average molecular weight is 442 g/mol. The van der Waals surface area contributed by atoms with Crippen molar-refractivity contribution in [3.05, 3.63) is 65.7 Å². The van der Waals surface area contributed by atoms with Gasteiger partial charge in [0.1, 0.15) is 0 Å². The van der Waals surface area contributed by atoms with E-state index >= 15 is 0 Å². The van der Waals surface area contributed by atoms with Crippen molar-refractivity contribution in [1.82, 2.24) is 14.5 Å². The Hall–Kier alpha value is -2.22. The van der Waals surface area contributed by atoms with Gasteiger partial charge in [-0.15, -0.1) is 0 Å². The lowest BCUT2D eigenvalue weighted by Crippen LogP contribution is -2.42. The highest BCUT2D eigenvalue weighted by Gasteiger charge is 2.54. The van der Waals surface area contributed by atoms with Crippen LogP contribution < -0.4 is 5.32 Å². The zero-order valence-corrected chi connectivity index (χ0v) is 19.1. The van der Waals surface area contributed by atoms with Crippen molar-refractivity contribution in [1.29, 1.82) is 0 Å². The van der Waals surface area contributed by atoms with Crippen molar-refractivity contribution in [2.24, 2.45) is 0 Å². The van der Waals surface area contributed by atoms with Crippen LogP contribution in [0.5, 0.6) is 0 Å². The molecule has 2 aromatic carbocycles. The Morgan fingerprint density at radius 3 is 2.26 bits per heavy atom. The van der Waals surface area contributed by atoms with Crippen molar-refractivity contribution in [3.8, 4) is 0 Å². The Labute approximate surface area is 185 Å². The van der Waals surface area contributed by atoms with E-state index in [-0.39, 0.29) is 16.8 Å². The smallest absolute Gasteiger partial charge is 0.242 e. The summed E-state index contributed by atoms with van der Waals surface area (Å²) < 4.78 is 27.0. The largest absolute Gasteiger partial charge is 0.347 e. The van der Waals surface area contributed by atoms with Gasteiger partial charge in [-0.2, -0.15) is 0 Å². The number of sulfonamides is 1. The van der Waals surface area contributed by atoms with Gasteiger partial charge in [0.25, 0.3) is 0 Å². The zero-order chi connectivity index (χ0) is 22.1. The van der Waals surface area contributed by atoms with Crippen LogP contribution in [0.2, 0.25) is 0 Å². The molecular formula is C24H31N3O3S. The molecule has 1 aliphatic carbocycles. The summed E-state index contributed by atoms with van der Waals surface area (Å²) >= 11 is 0. The van der Waals surface area contributed by atoms with Gasteiger partial charge in [-0.3, -0.25) is 4.79 Å². The highest BCUT2D eigenvalue weighted by Crippen LogP contribution is 2.51. The van der Waals surface area contributed by atoms with Crippen molar-refractivity contribution in [2.45, 2.75) is 42.0 Å². The number of hydrogen-bond donors (Lipinski definition) is 1. The number of likely N-dealkylation sites (tertiary alicyclic amines) is 1. The summed E-state index contributed by atoms with van der Waals surface area (Å²) in [7, 11) is -0.596. The predicted octanol–water partition coefficient (Wildman–Crippen LogP) is 2.92. The van der Waals surface area contributed by atoms with Crippen molar-refractivity contribution >= 4 is 15.9 Å². The number of nitrogens with zero attached hydrogens (tertiary/aromatic N) is 2. The minimum Gasteiger partial charge on any atom is -0.347 e. The first kappa shape index (κ1) is 22.0. The normalized spacial score (nSPS) is 19.3. The van der Waals surface area contributed by atoms with Crippen LogP contribution in [0.1, 0.15) is 42.9 Å². The van der Waals surface area contributed by atoms with E-state index in [0.717, 1.165) is 25.2 Å². The lowest BCUT2D eigenvalue weighted by Gasteiger charge is -2.28. The van der Waals surface area contributed by atoms with Crippen LogP contribution in [0.25, 0.3) is 0 Å². The van der Waals surface area contributed by atoms with Gasteiger partial charge < -0.3 is 10.2 Å². The third kappa shape index (κ3) is 4.40. The summed E-state index contributed by atoms with van der Waals surface area (Å²) in [6.07, 6.45) is 3.69. The van der Waals surface area contributed by atoms with Crippen LogP contribution in [0.15, 0.2) is 59.5 Å². The molecule has 1 heterocycles. The van der Waals surface area contributed by atoms with Gasteiger partial charge in [0, 0.05) is 20.6 Å². The highest BCUT2D eigenvalue weighted by molar-refractivity contribution is 7.89. The molecule has 1 aliphatic heterocycles. The van der Waals surface area contributed by atoms with E-state index in [1.54, 1.807) is 18.2 Å². The van der Waals surface area contributed by atoms with Crippen molar-refractivity contribution in [3.63, 3.8) is 0 Å². The van der Waals surface area contributed by atoms with Gasteiger partial charge in [0.15, 0.2) is 0 Å². The second-order valence-electron chi connectivity index (χ2n) is 8.81. The van der Waals surface area contributed by atoms with Gasteiger partial charge in [-0.25, -0.2) is 12.7 Å². The van der Waals surface area contributed by atoms with Crippen LogP contribution >= 0.6 is 0 Å². The molecule has 7 heteroatoms. The van der Waals surface area contributed by atoms with Crippen LogP contribution in [0, 0.1) is 0 Å². The highest BCUT2D eigenvalue weighted by atomic mass is 32.2. The summed E-state index contributed by atoms with van der Waals surface area (Å²) in [5.41, 5.74) is 0.902. The zero-order valence-electron chi connectivity index (χ0n) is 18.3. The summed E-state index contributed by atoms with van der Waals surface area (Å²) in [5.74, 6) is -0.0815. The number of hydrogen-bond acceptors (Lipinski definition) is 4. The number of amides is 1. The lowest BCUT2D eigenvalue weighted by molar-refractivity contribution is -0.124. The van der Waals surface area contributed by atoms with Gasteiger partial charge in [0.05, 0.1) is 16.4 Å². The minimum atomic E-state index is -3.64. The summed E-state index contributed by atoms with van der Waals surface area (Å²) in [5, 5.41) is 3.28. The third-order valence-corrected chi connectivity index (χ3v) is 8.37. The van der Waals surface area contributed by atoms with E-state index in [4.69, 9.17) is 0 Å². The second-order valence-corrected chi connectivity index (χ2v) is 10.9. The van der Waals surface area contributed by atoms with E-state index in [2.05, 4.69) is 10.2 Å². The van der Waals surface area contributed by atoms with Gasteiger partial charge in [0.2, 0.25) is 15.9 Å². The summed E-state index contributed by atoms with van der Waals surface area (Å²) in [4.78, 5) is 16.2. The molecule has 0 radical (unpaired) electrons. The number of carbonyl (C=O) groups is 1. The molecule has 0 bridgehead atoms. The standard InChI is InChI=1S/C24H31N3O3S/c1-26(2)31(29,30)22-13-7-6-12-20(22)24(14-15-24)23(28)25-21(18-27-16-8-9-17-27)19-10-4-3-5-11-19/h3-7,10-13,21H,8-9,14-18H2,1-2H3,(H,25,28). The Balaban J connectivity index is 1.63. The SMILES string of the molecule is CN(C)S(=O)(=O)c1ccccc1C1(C(=O)NC(CN2CCCC2)c2ccccc2)CC1. The number of carbonyl (C=O) groups excluding carboxylic acids is 1. The molecule has 1 saturated carbocycles. The molecule has 2 fully saturated rings. The summed E-state index contributed by atoms with van der Waals surface area (Å²) in [6, 6.07) is 16.9. The molecule has 1 unspecified atom stereocenters. The van der Waals surface area contributed by atoms with Gasteiger partial charge >= 0.3 is 0 Å². The molecule has 1 saturated heterocycles. The van der Waals surface area contributed by atoms with E-state index in [1.807, 2.05) is 36.4 Å². The molecule has 6 nitrogen and oxygen atoms in total. The first-order valence-corrected chi connectivity index (χ1v) is 12.4. The third-order valence-electron chi connectivity index (χ3n) is 6.49. The fourth-order valence-corrected chi connectivity index (χ4v) is 5.65.